The summed E-state index contributed by atoms with van der Waals surface area (Å²) in [4.78, 5) is 11.4. The minimum absolute atomic E-state index is 0.268. The van der Waals surface area contributed by atoms with Crippen LogP contribution in [0.1, 0.15) is 20.3 Å². The van der Waals surface area contributed by atoms with E-state index < -0.39 is 43.1 Å². The molecule has 0 amide bonds. The predicted octanol–water partition coefficient (Wildman–Crippen LogP) is -1.62. The molecule has 18 heavy (non-hydrogen) atoms. The number of carbonyl (C=O) groups is 1. The Hall–Kier alpha value is -0.730. The molecule has 7 nitrogen and oxygen atoms in total. The van der Waals surface area contributed by atoms with E-state index in [1.165, 1.54) is 0 Å². The first-order valence-electron chi connectivity index (χ1n) is 5.86. The maximum absolute atomic E-state index is 11.4. The highest BCUT2D eigenvalue weighted by molar-refractivity contribution is 5.70. The van der Waals surface area contributed by atoms with Crippen LogP contribution in [0, 0.1) is 5.92 Å². The Bertz CT molecular complexity index is 281. The van der Waals surface area contributed by atoms with Crippen molar-refractivity contribution in [3.8, 4) is 0 Å². The normalized spacial score (nSPS) is 36.7. The van der Waals surface area contributed by atoms with Crippen molar-refractivity contribution in [3.63, 3.8) is 0 Å². The van der Waals surface area contributed by atoms with Crippen LogP contribution in [0.4, 0.5) is 0 Å². The number of carbonyl (C=O) groups excluding carboxylic acids is 1. The fourth-order valence-corrected chi connectivity index (χ4v) is 1.88. The van der Waals surface area contributed by atoms with E-state index in [9.17, 15) is 20.1 Å². The van der Waals surface area contributed by atoms with Crippen molar-refractivity contribution in [1.82, 2.24) is 0 Å². The highest BCUT2D eigenvalue weighted by Gasteiger charge is 2.44. The molecule has 0 saturated carbocycles. The summed E-state index contributed by atoms with van der Waals surface area (Å²) < 4.78 is 9.81. The van der Waals surface area contributed by atoms with E-state index in [4.69, 9.17) is 14.6 Å². The van der Waals surface area contributed by atoms with Crippen molar-refractivity contribution >= 4 is 5.97 Å². The average Bonchev–Trinajstić information content (AvgIpc) is 2.28. The molecule has 2 unspecified atom stereocenters. The lowest BCUT2D eigenvalue weighted by molar-refractivity contribution is -0.271. The first-order chi connectivity index (χ1) is 8.36. The monoisotopic (exact) mass is 264 g/mol. The molecule has 106 valence electrons. The van der Waals surface area contributed by atoms with Crippen molar-refractivity contribution in [3.05, 3.63) is 0 Å². The van der Waals surface area contributed by atoms with Crippen molar-refractivity contribution in [2.45, 2.75) is 51.0 Å². The molecule has 0 aliphatic carbocycles. The van der Waals surface area contributed by atoms with Crippen LogP contribution in [-0.4, -0.2) is 63.7 Å². The van der Waals surface area contributed by atoms with Crippen LogP contribution in [0.3, 0.4) is 0 Å². The summed E-state index contributed by atoms with van der Waals surface area (Å²) in [6.45, 7) is 2.83. The molecule has 7 heteroatoms. The van der Waals surface area contributed by atoms with Crippen LogP contribution in [0.2, 0.25) is 0 Å². The van der Waals surface area contributed by atoms with Gasteiger partial charge in [0.2, 0.25) is 0 Å². The van der Waals surface area contributed by atoms with Gasteiger partial charge in [-0.25, -0.2) is 0 Å². The van der Waals surface area contributed by atoms with Gasteiger partial charge in [0.05, 0.1) is 25.2 Å². The Morgan fingerprint density at radius 2 is 1.89 bits per heavy atom. The van der Waals surface area contributed by atoms with Gasteiger partial charge in [-0.2, -0.15) is 0 Å². The van der Waals surface area contributed by atoms with Gasteiger partial charge in [-0.05, 0) is 13.8 Å². The molecule has 1 saturated heterocycles. The summed E-state index contributed by atoms with van der Waals surface area (Å²) in [6.07, 6.45) is -5.77. The number of rotatable bonds is 4. The Balaban J connectivity index is 2.62. The molecule has 0 spiro atoms. The number of esters is 1. The molecule has 0 aromatic carbocycles. The number of aliphatic hydroxyl groups is 4. The van der Waals surface area contributed by atoms with Gasteiger partial charge in [-0.3, -0.25) is 4.79 Å². The SMILES string of the molecule is CC(C)OC(=O)CC1C(O)O[C@H](CO)[C@@H](O)[C@@H]1O. The third-order valence-electron chi connectivity index (χ3n) is 2.80. The lowest BCUT2D eigenvalue weighted by Gasteiger charge is -2.39. The molecule has 4 N–H and O–H groups in total. The second-order valence-electron chi connectivity index (χ2n) is 4.64. The largest absolute Gasteiger partial charge is 0.463 e. The molecule has 0 bridgehead atoms. The van der Waals surface area contributed by atoms with Crippen LogP contribution >= 0.6 is 0 Å². The number of hydrogen-bond donors (Lipinski definition) is 4. The standard InChI is InChI=1S/C11H20O7/c1-5(2)17-8(13)3-6-9(14)10(15)7(4-12)18-11(6)16/h5-7,9-12,14-16H,3-4H2,1-2H3/t6?,7-,9-,10-,11?/m1/s1. The molecule has 1 rings (SSSR count). The molecular formula is C11H20O7. The summed E-state index contributed by atoms with van der Waals surface area (Å²) in [5.41, 5.74) is 0. The summed E-state index contributed by atoms with van der Waals surface area (Å²) in [6, 6.07) is 0. The van der Waals surface area contributed by atoms with Crippen molar-refractivity contribution in [2.75, 3.05) is 6.61 Å². The minimum Gasteiger partial charge on any atom is -0.463 e. The van der Waals surface area contributed by atoms with Crippen molar-refractivity contribution in [2.24, 2.45) is 5.92 Å². The van der Waals surface area contributed by atoms with Gasteiger partial charge in [-0.1, -0.05) is 0 Å². The first-order valence-corrected chi connectivity index (χ1v) is 5.86. The smallest absolute Gasteiger partial charge is 0.306 e. The van der Waals surface area contributed by atoms with Crippen LogP contribution in [0.15, 0.2) is 0 Å². The van der Waals surface area contributed by atoms with Gasteiger partial charge in [0.1, 0.15) is 12.2 Å². The molecule has 1 fully saturated rings. The molecule has 1 heterocycles. The Morgan fingerprint density at radius 3 is 2.39 bits per heavy atom. The molecular weight excluding hydrogens is 244 g/mol. The van der Waals surface area contributed by atoms with Crippen LogP contribution < -0.4 is 0 Å². The zero-order chi connectivity index (χ0) is 13.9. The molecule has 5 atom stereocenters. The molecule has 0 aromatic heterocycles. The summed E-state index contributed by atoms with van der Waals surface area (Å²) in [5, 5.41) is 37.9. The Kier molecular flexibility index (Phi) is 5.48. The third kappa shape index (κ3) is 3.63. The zero-order valence-electron chi connectivity index (χ0n) is 10.4. The lowest BCUT2D eigenvalue weighted by Crippen LogP contribution is -2.56. The van der Waals surface area contributed by atoms with Gasteiger partial charge >= 0.3 is 5.97 Å². The summed E-state index contributed by atoms with van der Waals surface area (Å²) in [5.74, 6) is -1.57. The van der Waals surface area contributed by atoms with Gasteiger partial charge in [-0.15, -0.1) is 0 Å². The summed E-state index contributed by atoms with van der Waals surface area (Å²) >= 11 is 0. The van der Waals surface area contributed by atoms with E-state index in [-0.39, 0.29) is 12.5 Å². The Labute approximate surface area is 105 Å². The third-order valence-corrected chi connectivity index (χ3v) is 2.80. The van der Waals surface area contributed by atoms with Crippen LogP contribution in [-0.2, 0) is 14.3 Å². The van der Waals surface area contributed by atoms with Crippen molar-refractivity contribution < 1.29 is 34.7 Å². The maximum atomic E-state index is 11.4. The van der Waals surface area contributed by atoms with Crippen molar-refractivity contribution in [1.29, 1.82) is 0 Å². The van der Waals surface area contributed by atoms with E-state index in [0.717, 1.165) is 0 Å². The summed E-state index contributed by atoms with van der Waals surface area (Å²) in [7, 11) is 0. The quantitative estimate of drug-likeness (QED) is 0.451. The van der Waals surface area contributed by atoms with E-state index in [1.807, 2.05) is 0 Å². The lowest BCUT2D eigenvalue weighted by atomic mass is 9.88. The van der Waals surface area contributed by atoms with E-state index in [0.29, 0.717) is 0 Å². The van der Waals surface area contributed by atoms with Gasteiger partial charge in [0.25, 0.3) is 0 Å². The van der Waals surface area contributed by atoms with E-state index in [2.05, 4.69) is 0 Å². The Morgan fingerprint density at radius 1 is 1.28 bits per heavy atom. The molecule has 1 aliphatic rings. The van der Waals surface area contributed by atoms with Gasteiger partial charge in [0.15, 0.2) is 6.29 Å². The second-order valence-corrected chi connectivity index (χ2v) is 4.64. The number of aliphatic hydroxyl groups excluding tert-OH is 4. The molecule has 0 radical (unpaired) electrons. The highest BCUT2D eigenvalue weighted by atomic mass is 16.6. The highest BCUT2D eigenvalue weighted by Crippen LogP contribution is 2.27. The van der Waals surface area contributed by atoms with E-state index in [1.54, 1.807) is 13.8 Å². The van der Waals surface area contributed by atoms with Crippen LogP contribution in [0.25, 0.3) is 0 Å². The minimum atomic E-state index is -1.43. The first kappa shape index (κ1) is 15.3. The predicted molar refractivity (Wildman–Crippen MR) is 59.3 cm³/mol. The van der Waals surface area contributed by atoms with Gasteiger partial charge in [0, 0.05) is 5.92 Å². The number of hydrogen-bond acceptors (Lipinski definition) is 7. The number of ether oxygens (including phenoxy) is 2. The van der Waals surface area contributed by atoms with E-state index >= 15 is 0 Å². The zero-order valence-corrected chi connectivity index (χ0v) is 10.4. The van der Waals surface area contributed by atoms with Crippen LogP contribution in [0.5, 0.6) is 0 Å². The fourth-order valence-electron chi connectivity index (χ4n) is 1.88. The fraction of sp³-hybridized carbons (Fsp3) is 0.909. The van der Waals surface area contributed by atoms with Gasteiger partial charge < -0.3 is 29.9 Å². The molecule has 1 aliphatic heterocycles. The average molecular weight is 264 g/mol. The molecule has 0 aromatic rings. The maximum Gasteiger partial charge on any atom is 0.306 e. The topological polar surface area (TPSA) is 116 Å². The second kappa shape index (κ2) is 6.44.